The molecule has 29 heavy (non-hydrogen) atoms. The number of hydrogen-bond acceptors (Lipinski definition) is 5. The van der Waals surface area contributed by atoms with Crippen LogP contribution in [-0.4, -0.2) is 55.9 Å². The number of morpholine rings is 1. The molecule has 3 rings (SSSR count). The number of benzene rings is 1. The Balaban J connectivity index is 1.61. The predicted octanol–water partition coefficient (Wildman–Crippen LogP) is 4.59. The molecule has 2 aliphatic rings. The molecule has 6 heteroatoms. The molecule has 1 saturated heterocycles. The maximum absolute atomic E-state index is 14.5. The molecule has 0 aromatic heterocycles. The Morgan fingerprint density at radius 3 is 2.52 bits per heavy atom. The molecule has 1 aromatic rings. The van der Waals surface area contributed by atoms with Crippen LogP contribution in [0.15, 0.2) is 18.2 Å². The minimum atomic E-state index is -0.439. The van der Waals surface area contributed by atoms with E-state index in [9.17, 15) is 9.18 Å². The molecule has 1 saturated carbocycles. The zero-order chi connectivity index (χ0) is 20.5. The maximum atomic E-state index is 14.5. The summed E-state index contributed by atoms with van der Waals surface area (Å²) in [6.07, 6.45) is 8.54. The summed E-state index contributed by atoms with van der Waals surface area (Å²) < 4.78 is 31.4. The quantitative estimate of drug-likeness (QED) is 0.619. The third-order valence-electron chi connectivity index (χ3n) is 6.15. The van der Waals surface area contributed by atoms with Crippen molar-refractivity contribution in [2.45, 2.75) is 63.9 Å². The maximum Gasteiger partial charge on any atom is 0.338 e. The van der Waals surface area contributed by atoms with E-state index in [4.69, 9.17) is 14.2 Å². The topological polar surface area (TPSA) is 48.0 Å². The highest BCUT2D eigenvalue weighted by Gasteiger charge is 2.31. The molecule has 0 unspecified atom stereocenters. The lowest BCUT2D eigenvalue weighted by atomic mass is 9.85. The zero-order valence-electron chi connectivity index (χ0n) is 17.6. The first kappa shape index (κ1) is 22.0. The van der Waals surface area contributed by atoms with Gasteiger partial charge in [0, 0.05) is 19.6 Å². The smallest absolute Gasteiger partial charge is 0.338 e. The van der Waals surface area contributed by atoms with Gasteiger partial charge in [-0.05, 0) is 50.3 Å². The minimum absolute atomic E-state index is 0.162. The fourth-order valence-electron chi connectivity index (χ4n) is 4.19. The standard InChI is InChI=1S/C23H34FNO4/c1-2-23(10-6-4-3-5-7-11-23)29-21-18-19(8-9-20(21)24)22(26)28-17-14-25-12-15-27-16-13-25/h8-9,18H,2-7,10-17H2,1H3. The number of ether oxygens (including phenoxy) is 3. The van der Waals surface area contributed by atoms with Gasteiger partial charge in [0.2, 0.25) is 0 Å². The van der Waals surface area contributed by atoms with Crippen molar-refractivity contribution in [1.82, 2.24) is 4.90 Å². The molecule has 0 radical (unpaired) electrons. The van der Waals surface area contributed by atoms with Crippen LogP contribution in [0.4, 0.5) is 4.39 Å². The molecule has 5 nitrogen and oxygen atoms in total. The van der Waals surface area contributed by atoms with Crippen LogP contribution in [-0.2, 0) is 9.47 Å². The molecular formula is C23H34FNO4. The summed E-state index contributed by atoms with van der Waals surface area (Å²) in [5.41, 5.74) is -0.0133. The second-order valence-corrected chi connectivity index (χ2v) is 8.14. The Hall–Kier alpha value is -1.66. The van der Waals surface area contributed by atoms with Crippen molar-refractivity contribution in [1.29, 1.82) is 0 Å². The van der Waals surface area contributed by atoms with Gasteiger partial charge >= 0.3 is 5.97 Å². The Morgan fingerprint density at radius 2 is 1.83 bits per heavy atom. The van der Waals surface area contributed by atoms with E-state index in [-0.39, 0.29) is 11.4 Å². The summed E-state index contributed by atoms with van der Waals surface area (Å²) in [7, 11) is 0. The van der Waals surface area contributed by atoms with Crippen molar-refractivity contribution in [2.75, 3.05) is 39.5 Å². The Kier molecular flexibility index (Phi) is 8.30. The second-order valence-electron chi connectivity index (χ2n) is 8.14. The summed E-state index contributed by atoms with van der Waals surface area (Å²) in [6.45, 7) is 6.22. The van der Waals surface area contributed by atoms with E-state index in [2.05, 4.69) is 11.8 Å². The molecule has 0 atom stereocenters. The van der Waals surface area contributed by atoms with Crippen LogP contribution < -0.4 is 4.74 Å². The fraction of sp³-hybridized carbons (Fsp3) is 0.696. The number of carbonyl (C=O) groups excluding carboxylic acids is 1. The van der Waals surface area contributed by atoms with Gasteiger partial charge < -0.3 is 14.2 Å². The second kappa shape index (κ2) is 10.9. The van der Waals surface area contributed by atoms with Gasteiger partial charge in [-0.15, -0.1) is 0 Å². The summed E-state index contributed by atoms with van der Waals surface area (Å²) in [6, 6.07) is 4.28. The van der Waals surface area contributed by atoms with Crippen molar-refractivity contribution in [2.24, 2.45) is 0 Å². The van der Waals surface area contributed by atoms with Gasteiger partial charge in [0.05, 0.1) is 18.8 Å². The Labute approximate surface area is 173 Å². The number of nitrogens with zero attached hydrogens (tertiary/aromatic N) is 1. The summed E-state index contributed by atoms with van der Waals surface area (Å²) in [5, 5.41) is 0. The SMILES string of the molecule is CCC1(Oc2cc(C(=O)OCCN3CCOCC3)ccc2F)CCCCCCC1. The number of carbonyl (C=O) groups is 1. The van der Waals surface area contributed by atoms with Gasteiger partial charge in [-0.25, -0.2) is 9.18 Å². The van der Waals surface area contributed by atoms with Gasteiger partial charge in [-0.2, -0.15) is 0 Å². The number of rotatable bonds is 7. The summed E-state index contributed by atoms with van der Waals surface area (Å²) in [4.78, 5) is 14.7. The van der Waals surface area contributed by atoms with Gasteiger partial charge in [0.1, 0.15) is 12.2 Å². The zero-order valence-corrected chi connectivity index (χ0v) is 17.6. The van der Waals surface area contributed by atoms with Crippen molar-refractivity contribution >= 4 is 5.97 Å². The van der Waals surface area contributed by atoms with Crippen LogP contribution in [0, 0.1) is 5.82 Å². The molecule has 0 amide bonds. The van der Waals surface area contributed by atoms with E-state index in [0.29, 0.717) is 31.9 Å². The first-order valence-corrected chi connectivity index (χ1v) is 11.1. The fourth-order valence-corrected chi connectivity index (χ4v) is 4.19. The van der Waals surface area contributed by atoms with Crippen LogP contribution in [0.1, 0.15) is 68.6 Å². The van der Waals surface area contributed by atoms with Crippen LogP contribution in [0.3, 0.4) is 0 Å². The third kappa shape index (κ3) is 6.41. The first-order valence-electron chi connectivity index (χ1n) is 11.1. The van der Waals surface area contributed by atoms with Crippen molar-refractivity contribution in [3.8, 4) is 5.75 Å². The summed E-state index contributed by atoms with van der Waals surface area (Å²) >= 11 is 0. The van der Waals surface area contributed by atoms with Crippen LogP contribution in [0.2, 0.25) is 0 Å². The van der Waals surface area contributed by atoms with Crippen LogP contribution in [0.5, 0.6) is 5.75 Å². The highest BCUT2D eigenvalue weighted by atomic mass is 19.1. The number of esters is 1. The predicted molar refractivity (Wildman–Crippen MR) is 110 cm³/mol. The molecule has 1 aromatic carbocycles. The molecular weight excluding hydrogens is 373 g/mol. The molecule has 1 aliphatic heterocycles. The first-order chi connectivity index (χ1) is 14.1. The van der Waals surface area contributed by atoms with E-state index >= 15 is 0 Å². The normalized spacial score (nSPS) is 20.5. The molecule has 1 heterocycles. The van der Waals surface area contributed by atoms with Gasteiger partial charge in [-0.1, -0.05) is 26.2 Å². The van der Waals surface area contributed by atoms with E-state index in [1.54, 1.807) is 0 Å². The van der Waals surface area contributed by atoms with Crippen molar-refractivity contribution in [3.63, 3.8) is 0 Å². The molecule has 0 N–H and O–H groups in total. The van der Waals surface area contributed by atoms with Crippen LogP contribution >= 0.6 is 0 Å². The highest BCUT2D eigenvalue weighted by Crippen LogP contribution is 2.35. The third-order valence-corrected chi connectivity index (χ3v) is 6.15. The molecule has 162 valence electrons. The van der Waals surface area contributed by atoms with Gasteiger partial charge in [0.15, 0.2) is 11.6 Å². The average Bonchev–Trinajstić information content (AvgIpc) is 2.72. The minimum Gasteiger partial charge on any atom is -0.484 e. The largest absolute Gasteiger partial charge is 0.484 e. The highest BCUT2D eigenvalue weighted by molar-refractivity contribution is 5.89. The molecule has 0 bridgehead atoms. The Morgan fingerprint density at radius 1 is 1.14 bits per heavy atom. The number of hydrogen-bond donors (Lipinski definition) is 0. The van der Waals surface area contributed by atoms with Gasteiger partial charge in [0.25, 0.3) is 0 Å². The van der Waals surface area contributed by atoms with Crippen molar-refractivity contribution < 1.29 is 23.4 Å². The number of halogens is 1. The lowest BCUT2D eigenvalue weighted by Gasteiger charge is -2.35. The van der Waals surface area contributed by atoms with Gasteiger partial charge in [-0.3, -0.25) is 4.90 Å². The van der Waals surface area contributed by atoms with Crippen LogP contribution in [0.25, 0.3) is 0 Å². The summed E-state index contributed by atoms with van der Waals surface area (Å²) in [5.74, 6) is -0.703. The van der Waals surface area contributed by atoms with E-state index < -0.39 is 11.8 Å². The molecule has 1 aliphatic carbocycles. The van der Waals surface area contributed by atoms with Crippen molar-refractivity contribution in [3.05, 3.63) is 29.6 Å². The molecule has 0 spiro atoms. The lowest BCUT2D eigenvalue weighted by molar-refractivity contribution is 0.0192. The van der Waals surface area contributed by atoms with E-state index in [1.165, 1.54) is 37.5 Å². The molecule has 2 fully saturated rings. The monoisotopic (exact) mass is 407 g/mol. The lowest BCUT2D eigenvalue weighted by Crippen LogP contribution is -2.38. The Bertz CT molecular complexity index is 652. The average molecular weight is 408 g/mol. The van der Waals surface area contributed by atoms with E-state index in [0.717, 1.165) is 45.2 Å². The van der Waals surface area contributed by atoms with E-state index in [1.807, 2.05) is 0 Å².